The van der Waals surface area contributed by atoms with E-state index in [9.17, 15) is 26.3 Å². The summed E-state index contributed by atoms with van der Waals surface area (Å²) in [5.41, 5.74) is -2.91. The van der Waals surface area contributed by atoms with Gasteiger partial charge in [0.1, 0.15) is 5.82 Å². The van der Waals surface area contributed by atoms with Crippen LogP contribution in [0.25, 0.3) is 0 Å². The lowest BCUT2D eigenvalue weighted by Gasteiger charge is -2.14. The summed E-state index contributed by atoms with van der Waals surface area (Å²) >= 11 is 2.31. The van der Waals surface area contributed by atoms with Crippen LogP contribution in [0.2, 0.25) is 0 Å². The molecule has 1 aromatic carbocycles. The van der Waals surface area contributed by atoms with E-state index in [4.69, 9.17) is 0 Å². The van der Waals surface area contributed by atoms with Crippen LogP contribution in [0.15, 0.2) is 16.6 Å². The summed E-state index contributed by atoms with van der Waals surface area (Å²) in [6.07, 6.45) is -8.33. The standard InChI is InChI=1S/C8H3BrF6/c9-6-4(10)2-1-3(7(11)12)5(6)8(13,14)15/h1-2,7H. The summed E-state index contributed by atoms with van der Waals surface area (Å²) < 4.78 is 73.2. The van der Waals surface area contributed by atoms with Gasteiger partial charge in [0, 0.05) is 5.56 Å². The number of hydrogen-bond acceptors (Lipinski definition) is 0. The Labute approximate surface area is 89.0 Å². The average Bonchev–Trinajstić information content (AvgIpc) is 2.06. The Morgan fingerprint density at radius 2 is 1.67 bits per heavy atom. The van der Waals surface area contributed by atoms with Crippen LogP contribution in [0.3, 0.4) is 0 Å². The number of halogens is 7. The van der Waals surface area contributed by atoms with Crippen LogP contribution in [0.5, 0.6) is 0 Å². The molecule has 0 aliphatic rings. The normalized spacial score (nSPS) is 12.3. The summed E-state index contributed by atoms with van der Waals surface area (Å²) in [7, 11) is 0. The molecule has 0 nitrogen and oxygen atoms in total. The first-order valence-corrected chi connectivity index (χ1v) is 4.37. The minimum absolute atomic E-state index is 0.424. The van der Waals surface area contributed by atoms with E-state index < -0.39 is 34.0 Å². The smallest absolute Gasteiger partial charge is 0.206 e. The molecule has 1 aromatic rings. The number of hydrogen-bond donors (Lipinski definition) is 0. The molecule has 7 heteroatoms. The second kappa shape index (κ2) is 4.03. The molecule has 0 spiro atoms. The van der Waals surface area contributed by atoms with Gasteiger partial charge in [-0.1, -0.05) is 0 Å². The van der Waals surface area contributed by atoms with Gasteiger partial charge in [0.05, 0.1) is 10.0 Å². The fourth-order valence-corrected chi connectivity index (χ4v) is 1.62. The monoisotopic (exact) mass is 292 g/mol. The Morgan fingerprint density at radius 3 is 2.07 bits per heavy atom. The summed E-state index contributed by atoms with van der Waals surface area (Å²) in [6.45, 7) is 0. The van der Waals surface area contributed by atoms with Crippen molar-refractivity contribution in [1.29, 1.82) is 0 Å². The molecule has 0 saturated heterocycles. The molecule has 15 heavy (non-hydrogen) atoms. The highest BCUT2D eigenvalue weighted by Gasteiger charge is 2.39. The molecule has 0 N–H and O–H groups in total. The molecule has 0 unspecified atom stereocenters. The van der Waals surface area contributed by atoms with E-state index in [1.807, 2.05) is 0 Å². The van der Waals surface area contributed by atoms with Crippen molar-refractivity contribution < 1.29 is 26.3 Å². The van der Waals surface area contributed by atoms with Crippen LogP contribution < -0.4 is 0 Å². The van der Waals surface area contributed by atoms with E-state index >= 15 is 0 Å². The largest absolute Gasteiger partial charge is 0.418 e. The third kappa shape index (κ3) is 2.45. The zero-order chi connectivity index (χ0) is 11.8. The van der Waals surface area contributed by atoms with Crippen molar-refractivity contribution >= 4 is 15.9 Å². The zero-order valence-corrected chi connectivity index (χ0v) is 8.46. The second-order valence-corrected chi connectivity index (χ2v) is 3.42. The minimum Gasteiger partial charge on any atom is -0.206 e. The number of alkyl halides is 5. The van der Waals surface area contributed by atoms with Gasteiger partial charge in [-0.25, -0.2) is 13.2 Å². The first-order valence-electron chi connectivity index (χ1n) is 3.58. The van der Waals surface area contributed by atoms with E-state index in [-0.39, 0.29) is 0 Å². The summed E-state index contributed by atoms with van der Waals surface area (Å²) in [6, 6.07) is 0.981. The number of rotatable bonds is 1. The summed E-state index contributed by atoms with van der Waals surface area (Å²) in [5.74, 6) is -1.23. The molecule has 0 aliphatic heterocycles. The van der Waals surface area contributed by atoms with Crippen LogP contribution in [-0.4, -0.2) is 0 Å². The van der Waals surface area contributed by atoms with Gasteiger partial charge >= 0.3 is 6.18 Å². The molecule has 0 heterocycles. The van der Waals surface area contributed by atoms with Gasteiger partial charge in [0.25, 0.3) is 6.43 Å². The fraction of sp³-hybridized carbons (Fsp3) is 0.250. The molecule has 0 radical (unpaired) electrons. The van der Waals surface area contributed by atoms with Gasteiger partial charge < -0.3 is 0 Å². The topological polar surface area (TPSA) is 0 Å². The lowest BCUT2D eigenvalue weighted by atomic mass is 10.1. The molecular formula is C8H3BrF6. The molecule has 84 valence electrons. The lowest BCUT2D eigenvalue weighted by molar-refractivity contribution is -0.140. The van der Waals surface area contributed by atoms with Crippen molar-refractivity contribution in [1.82, 2.24) is 0 Å². The van der Waals surface area contributed by atoms with E-state index in [1.54, 1.807) is 0 Å². The minimum atomic E-state index is -5.02. The predicted molar refractivity (Wildman–Crippen MR) is 44.1 cm³/mol. The molecule has 0 aromatic heterocycles. The van der Waals surface area contributed by atoms with Crippen molar-refractivity contribution in [3.63, 3.8) is 0 Å². The van der Waals surface area contributed by atoms with Crippen molar-refractivity contribution in [2.24, 2.45) is 0 Å². The zero-order valence-electron chi connectivity index (χ0n) is 6.88. The van der Waals surface area contributed by atoms with Crippen LogP contribution in [0.1, 0.15) is 17.6 Å². The third-order valence-corrected chi connectivity index (χ3v) is 2.42. The molecule has 0 aliphatic carbocycles. The SMILES string of the molecule is Fc1ccc(C(F)F)c(C(F)(F)F)c1Br. The number of benzene rings is 1. The van der Waals surface area contributed by atoms with Crippen molar-refractivity contribution in [3.05, 3.63) is 33.5 Å². The quantitative estimate of drug-likeness (QED) is 0.667. The van der Waals surface area contributed by atoms with E-state index in [2.05, 4.69) is 15.9 Å². The summed E-state index contributed by atoms with van der Waals surface area (Å²) in [5, 5.41) is 0. The maximum Gasteiger partial charge on any atom is 0.418 e. The molecule has 0 bridgehead atoms. The Balaban J connectivity index is 3.49. The Hall–Kier alpha value is -0.720. The highest BCUT2D eigenvalue weighted by molar-refractivity contribution is 9.10. The molecule has 1 rings (SSSR count). The Kier molecular flexibility index (Phi) is 3.32. The van der Waals surface area contributed by atoms with E-state index in [0.717, 1.165) is 0 Å². The Bertz CT molecular complexity index is 370. The van der Waals surface area contributed by atoms with Gasteiger partial charge in [0.15, 0.2) is 0 Å². The predicted octanol–water partition coefficient (Wildman–Crippen LogP) is 4.54. The van der Waals surface area contributed by atoms with Crippen molar-refractivity contribution in [3.8, 4) is 0 Å². The lowest BCUT2D eigenvalue weighted by Crippen LogP contribution is -2.11. The highest BCUT2D eigenvalue weighted by atomic mass is 79.9. The highest BCUT2D eigenvalue weighted by Crippen LogP contribution is 2.41. The fourth-order valence-electron chi connectivity index (χ4n) is 1.04. The average molecular weight is 293 g/mol. The third-order valence-electron chi connectivity index (χ3n) is 1.65. The van der Waals surface area contributed by atoms with E-state index in [0.29, 0.717) is 12.1 Å². The van der Waals surface area contributed by atoms with Gasteiger partial charge in [-0.15, -0.1) is 0 Å². The summed E-state index contributed by atoms with van der Waals surface area (Å²) in [4.78, 5) is 0. The maximum atomic E-state index is 12.8. The van der Waals surface area contributed by atoms with Crippen molar-refractivity contribution in [2.75, 3.05) is 0 Å². The molecule has 0 saturated carbocycles. The maximum absolute atomic E-state index is 12.8. The van der Waals surface area contributed by atoms with Crippen LogP contribution in [-0.2, 0) is 6.18 Å². The van der Waals surface area contributed by atoms with Crippen molar-refractivity contribution in [2.45, 2.75) is 12.6 Å². The first-order chi connectivity index (χ1) is 6.75. The van der Waals surface area contributed by atoms with Gasteiger partial charge in [-0.3, -0.25) is 0 Å². The van der Waals surface area contributed by atoms with Gasteiger partial charge in [-0.05, 0) is 28.1 Å². The molecule has 0 amide bonds. The molecular weight excluding hydrogens is 290 g/mol. The first kappa shape index (κ1) is 12.4. The van der Waals surface area contributed by atoms with E-state index in [1.165, 1.54) is 0 Å². The van der Waals surface area contributed by atoms with Crippen LogP contribution >= 0.6 is 15.9 Å². The van der Waals surface area contributed by atoms with Gasteiger partial charge in [0.2, 0.25) is 0 Å². The van der Waals surface area contributed by atoms with Crippen LogP contribution in [0, 0.1) is 5.82 Å². The second-order valence-electron chi connectivity index (χ2n) is 2.62. The van der Waals surface area contributed by atoms with Gasteiger partial charge in [-0.2, -0.15) is 13.2 Å². The van der Waals surface area contributed by atoms with Crippen LogP contribution in [0.4, 0.5) is 26.3 Å². The Morgan fingerprint density at radius 1 is 1.13 bits per heavy atom. The molecule has 0 fully saturated rings. The molecule has 0 atom stereocenters.